The first-order valence-corrected chi connectivity index (χ1v) is 4.60. The van der Waals surface area contributed by atoms with E-state index in [1.165, 1.54) is 12.1 Å². The molecule has 0 heterocycles. The second-order valence-corrected chi connectivity index (χ2v) is 3.20. The summed E-state index contributed by atoms with van der Waals surface area (Å²) in [7, 11) is 0. The summed E-state index contributed by atoms with van der Waals surface area (Å²) in [6, 6.07) is 9.78. The molecule has 0 fully saturated rings. The van der Waals surface area contributed by atoms with E-state index in [-0.39, 0.29) is 5.69 Å². The lowest BCUT2D eigenvalue weighted by atomic mass is 10.1. The third-order valence-electron chi connectivity index (χ3n) is 2.31. The largest absolute Gasteiger partial charge is 0.328 e. The Morgan fingerprint density at radius 2 is 1.81 bits per heavy atom. The van der Waals surface area contributed by atoms with Crippen LogP contribution < -0.4 is 5.32 Å². The van der Waals surface area contributed by atoms with Gasteiger partial charge in [-0.15, -0.1) is 0 Å². The van der Waals surface area contributed by atoms with Crippen molar-refractivity contribution in [1.82, 2.24) is 0 Å². The summed E-state index contributed by atoms with van der Waals surface area (Å²) in [6.45, 7) is 0. The molecule has 1 amide bonds. The van der Waals surface area contributed by atoms with Gasteiger partial charge in [-0.2, -0.15) is 0 Å². The third kappa shape index (κ3) is 1.58. The van der Waals surface area contributed by atoms with Crippen molar-refractivity contribution >= 4 is 28.6 Å². The van der Waals surface area contributed by atoms with E-state index in [0.29, 0.717) is 22.9 Å². The summed E-state index contributed by atoms with van der Waals surface area (Å²) < 4.78 is 0. The number of non-ortho nitro benzene ring substituents is 1. The molecule has 16 heavy (non-hydrogen) atoms. The van der Waals surface area contributed by atoms with Crippen molar-refractivity contribution in [1.29, 1.82) is 0 Å². The number of nitrogens with zero attached hydrogens (tertiary/aromatic N) is 1. The van der Waals surface area contributed by atoms with Crippen LogP contribution in [0.5, 0.6) is 0 Å². The van der Waals surface area contributed by atoms with Gasteiger partial charge in [-0.3, -0.25) is 14.9 Å². The van der Waals surface area contributed by atoms with Crippen LogP contribution in [0.1, 0.15) is 0 Å². The predicted molar refractivity (Wildman–Crippen MR) is 60.3 cm³/mol. The molecule has 2 rings (SSSR count). The number of anilines is 1. The highest BCUT2D eigenvalue weighted by Crippen LogP contribution is 2.30. The highest BCUT2D eigenvalue weighted by Gasteiger charge is 2.13. The summed E-state index contributed by atoms with van der Waals surface area (Å²) in [5.41, 5.74) is 0.600. The molecule has 0 spiro atoms. The third-order valence-corrected chi connectivity index (χ3v) is 2.31. The summed E-state index contributed by atoms with van der Waals surface area (Å²) in [6.07, 6.45) is 0.549. The minimum absolute atomic E-state index is 0.0343. The van der Waals surface area contributed by atoms with Crippen LogP contribution in [0.2, 0.25) is 0 Å². The molecule has 0 aromatic heterocycles. The molecule has 0 aliphatic rings. The van der Waals surface area contributed by atoms with Crippen LogP contribution in [-0.4, -0.2) is 11.3 Å². The number of carbonyl (C=O) groups is 1. The normalized spacial score (nSPS) is 10.0. The molecular formula is C11H8N2O3. The van der Waals surface area contributed by atoms with Crippen LogP contribution in [0.3, 0.4) is 0 Å². The minimum Gasteiger partial charge on any atom is -0.328 e. The van der Waals surface area contributed by atoms with E-state index in [1.54, 1.807) is 24.3 Å². The second kappa shape index (κ2) is 3.98. The monoisotopic (exact) mass is 216 g/mol. The number of benzene rings is 2. The smallest absolute Gasteiger partial charge is 0.277 e. The van der Waals surface area contributed by atoms with Crippen molar-refractivity contribution in [3.8, 4) is 0 Å². The molecule has 80 valence electrons. The van der Waals surface area contributed by atoms with Gasteiger partial charge in [-0.1, -0.05) is 18.2 Å². The minimum atomic E-state index is -0.437. The average molecular weight is 216 g/mol. The zero-order chi connectivity index (χ0) is 11.5. The van der Waals surface area contributed by atoms with Crippen molar-refractivity contribution in [2.45, 2.75) is 0 Å². The van der Waals surface area contributed by atoms with Crippen molar-refractivity contribution in [2.75, 3.05) is 5.32 Å². The maximum Gasteiger partial charge on any atom is 0.277 e. The van der Waals surface area contributed by atoms with Crippen LogP contribution in [0.25, 0.3) is 10.8 Å². The lowest BCUT2D eigenvalue weighted by molar-refractivity contribution is -0.383. The fourth-order valence-corrected chi connectivity index (χ4v) is 1.63. The molecule has 5 heteroatoms. The SMILES string of the molecule is O=CNc1ccc([N+](=O)[O-])c2ccccc12. The molecule has 0 aliphatic carbocycles. The molecule has 1 N–H and O–H groups in total. The summed E-state index contributed by atoms with van der Waals surface area (Å²) in [4.78, 5) is 20.8. The zero-order valence-corrected chi connectivity index (χ0v) is 8.21. The molecule has 2 aromatic carbocycles. The van der Waals surface area contributed by atoms with E-state index in [4.69, 9.17) is 0 Å². The number of carbonyl (C=O) groups excluding carboxylic acids is 1. The van der Waals surface area contributed by atoms with Gasteiger partial charge in [-0.05, 0) is 12.1 Å². The number of fused-ring (bicyclic) bond motifs is 1. The van der Waals surface area contributed by atoms with Gasteiger partial charge in [0, 0.05) is 17.1 Å². The fourth-order valence-electron chi connectivity index (χ4n) is 1.63. The van der Waals surface area contributed by atoms with Crippen LogP contribution in [0, 0.1) is 10.1 Å². The number of nitro groups is 1. The van der Waals surface area contributed by atoms with Crippen LogP contribution >= 0.6 is 0 Å². The van der Waals surface area contributed by atoms with Crippen LogP contribution in [-0.2, 0) is 4.79 Å². The molecule has 0 unspecified atom stereocenters. The quantitative estimate of drug-likeness (QED) is 0.486. The second-order valence-electron chi connectivity index (χ2n) is 3.20. The van der Waals surface area contributed by atoms with E-state index in [1.807, 2.05) is 0 Å². The maximum absolute atomic E-state index is 10.8. The van der Waals surface area contributed by atoms with Crippen LogP contribution in [0.4, 0.5) is 11.4 Å². The highest BCUT2D eigenvalue weighted by molar-refractivity contribution is 6.02. The number of hydrogen-bond donors (Lipinski definition) is 1. The Bertz CT molecular complexity index is 566. The predicted octanol–water partition coefficient (Wildman–Crippen LogP) is 2.32. The van der Waals surface area contributed by atoms with E-state index in [0.717, 1.165) is 0 Å². The van der Waals surface area contributed by atoms with Gasteiger partial charge in [0.05, 0.1) is 10.3 Å². The van der Waals surface area contributed by atoms with Gasteiger partial charge in [-0.25, -0.2) is 0 Å². The van der Waals surface area contributed by atoms with Crippen molar-refractivity contribution < 1.29 is 9.72 Å². The standard InChI is InChI=1S/C11H8N2O3/c14-7-12-10-5-6-11(13(15)16)9-4-2-1-3-8(9)10/h1-7H,(H,12,14). The van der Waals surface area contributed by atoms with E-state index < -0.39 is 4.92 Å². The Morgan fingerprint density at radius 1 is 1.12 bits per heavy atom. The Labute approximate surface area is 90.8 Å². The topological polar surface area (TPSA) is 72.2 Å². The number of nitrogens with one attached hydrogen (secondary N) is 1. The van der Waals surface area contributed by atoms with Gasteiger partial charge >= 0.3 is 0 Å². The van der Waals surface area contributed by atoms with E-state index >= 15 is 0 Å². The molecule has 0 saturated carbocycles. The number of hydrogen-bond acceptors (Lipinski definition) is 3. The van der Waals surface area contributed by atoms with Gasteiger partial charge < -0.3 is 5.32 Å². The molecule has 0 atom stereocenters. The first-order chi connectivity index (χ1) is 7.74. The molecule has 0 saturated heterocycles. The van der Waals surface area contributed by atoms with Crippen molar-refractivity contribution in [3.63, 3.8) is 0 Å². The lowest BCUT2D eigenvalue weighted by Gasteiger charge is -2.04. The van der Waals surface area contributed by atoms with Gasteiger partial charge in [0.2, 0.25) is 6.41 Å². The lowest BCUT2D eigenvalue weighted by Crippen LogP contribution is -1.96. The Balaban J connectivity index is 2.76. The summed E-state index contributed by atoms with van der Waals surface area (Å²) >= 11 is 0. The number of amides is 1. The summed E-state index contributed by atoms with van der Waals surface area (Å²) in [5.74, 6) is 0. The molecular weight excluding hydrogens is 208 g/mol. The Morgan fingerprint density at radius 3 is 2.44 bits per heavy atom. The first kappa shape index (κ1) is 10.1. The average Bonchev–Trinajstić information content (AvgIpc) is 2.29. The number of nitro benzene ring substituents is 1. The zero-order valence-electron chi connectivity index (χ0n) is 8.21. The molecule has 0 bridgehead atoms. The maximum atomic E-state index is 10.8. The van der Waals surface area contributed by atoms with Crippen molar-refractivity contribution in [3.05, 3.63) is 46.5 Å². The molecule has 2 aromatic rings. The Kier molecular flexibility index (Phi) is 2.51. The van der Waals surface area contributed by atoms with E-state index in [2.05, 4.69) is 5.32 Å². The van der Waals surface area contributed by atoms with E-state index in [9.17, 15) is 14.9 Å². The molecule has 0 radical (unpaired) electrons. The highest BCUT2D eigenvalue weighted by atomic mass is 16.6. The van der Waals surface area contributed by atoms with Crippen molar-refractivity contribution in [2.24, 2.45) is 0 Å². The Hall–Kier alpha value is -2.43. The van der Waals surface area contributed by atoms with Gasteiger partial charge in [0.1, 0.15) is 0 Å². The molecule has 5 nitrogen and oxygen atoms in total. The van der Waals surface area contributed by atoms with Gasteiger partial charge in [0.25, 0.3) is 5.69 Å². The molecule has 0 aliphatic heterocycles. The summed E-state index contributed by atoms with van der Waals surface area (Å²) in [5, 5.41) is 14.5. The van der Waals surface area contributed by atoms with Gasteiger partial charge in [0.15, 0.2) is 0 Å². The van der Waals surface area contributed by atoms with Crippen LogP contribution in [0.15, 0.2) is 36.4 Å². The fraction of sp³-hybridized carbons (Fsp3) is 0. The number of rotatable bonds is 3. The first-order valence-electron chi connectivity index (χ1n) is 4.60.